The molecule has 1 aliphatic carbocycles. The second kappa shape index (κ2) is 6.49. The summed E-state index contributed by atoms with van der Waals surface area (Å²) < 4.78 is 54.1. The lowest BCUT2D eigenvalue weighted by Crippen LogP contribution is -2.41. The first-order valence-corrected chi connectivity index (χ1v) is 9.58. The SMILES string of the molecule is CC1(C)CCc2ccccc2C1NS(=O)(=O)c1cnn(CC(F)F)c1. The van der Waals surface area contributed by atoms with Crippen molar-refractivity contribution in [3.8, 4) is 0 Å². The van der Waals surface area contributed by atoms with Crippen LogP contribution in [-0.2, 0) is 23.0 Å². The molecule has 136 valence electrons. The minimum absolute atomic E-state index is 0.105. The molecule has 1 aromatic carbocycles. The van der Waals surface area contributed by atoms with Crippen LogP contribution in [-0.4, -0.2) is 24.6 Å². The molecule has 1 N–H and O–H groups in total. The van der Waals surface area contributed by atoms with Crippen LogP contribution >= 0.6 is 0 Å². The summed E-state index contributed by atoms with van der Waals surface area (Å²) in [7, 11) is -3.87. The van der Waals surface area contributed by atoms with Gasteiger partial charge in [-0.25, -0.2) is 21.9 Å². The number of nitrogens with zero attached hydrogens (tertiary/aromatic N) is 2. The number of halogens is 2. The van der Waals surface area contributed by atoms with Crippen molar-refractivity contribution in [2.75, 3.05) is 0 Å². The summed E-state index contributed by atoms with van der Waals surface area (Å²) in [4.78, 5) is -0.105. The molecule has 0 fully saturated rings. The van der Waals surface area contributed by atoms with Crippen LogP contribution in [0.2, 0.25) is 0 Å². The van der Waals surface area contributed by atoms with Gasteiger partial charge in [-0.2, -0.15) is 5.10 Å². The monoisotopic (exact) mass is 369 g/mol. The van der Waals surface area contributed by atoms with Crippen LogP contribution in [0.15, 0.2) is 41.6 Å². The van der Waals surface area contributed by atoms with Crippen LogP contribution < -0.4 is 4.72 Å². The van der Waals surface area contributed by atoms with E-state index in [4.69, 9.17) is 0 Å². The number of rotatable bonds is 5. The van der Waals surface area contributed by atoms with Gasteiger partial charge in [-0.15, -0.1) is 0 Å². The Bertz CT molecular complexity index is 862. The predicted octanol–water partition coefficient (Wildman–Crippen LogP) is 3.14. The highest BCUT2D eigenvalue weighted by Gasteiger charge is 2.38. The third-order valence-corrected chi connectivity index (χ3v) is 6.08. The molecular formula is C17H21F2N3O2S. The fourth-order valence-electron chi connectivity index (χ4n) is 3.24. The summed E-state index contributed by atoms with van der Waals surface area (Å²) in [6, 6.07) is 7.39. The van der Waals surface area contributed by atoms with Crippen LogP contribution in [0.25, 0.3) is 0 Å². The number of benzene rings is 1. The molecule has 1 heterocycles. The molecule has 0 saturated heterocycles. The Labute approximate surface area is 146 Å². The third-order valence-electron chi connectivity index (χ3n) is 4.70. The minimum Gasteiger partial charge on any atom is -0.266 e. The number of aryl methyl sites for hydroxylation is 1. The Morgan fingerprint density at radius 2 is 2.08 bits per heavy atom. The maximum Gasteiger partial charge on any atom is 0.257 e. The van der Waals surface area contributed by atoms with Gasteiger partial charge < -0.3 is 0 Å². The molecule has 0 amide bonds. The van der Waals surface area contributed by atoms with E-state index in [2.05, 4.69) is 9.82 Å². The summed E-state index contributed by atoms with van der Waals surface area (Å²) in [5.74, 6) is 0. The van der Waals surface area contributed by atoms with Crippen LogP contribution in [0.5, 0.6) is 0 Å². The Morgan fingerprint density at radius 3 is 2.80 bits per heavy atom. The largest absolute Gasteiger partial charge is 0.266 e. The molecule has 0 saturated carbocycles. The number of hydrogen-bond donors (Lipinski definition) is 1. The van der Waals surface area contributed by atoms with Crippen LogP contribution in [0.4, 0.5) is 8.78 Å². The van der Waals surface area contributed by atoms with Crippen molar-refractivity contribution < 1.29 is 17.2 Å². The Kier molecular flexibility index (Phi) is 4.68. The summed E-state index contributed by atoms with van der Waals surface area (Å²) >= 11 is 0. The zero-order valence-electron chi connectivity index (χ0n) is 14.1. The number of hydrogen-bond acceptors (Lipinski definition) is 3. The Balaban J connectivity index is 1.90. The first-order chi connectivity index (χ1) is 11.7. The van der Waals surface area contributed by atoms with Crippen molar-refractivity contribution in [2.24, 2.45) is 5.41 Å². The minimum atomic E-state index is -3.87. The molecule has 0 aliphatic heterocycles. The molecule has 25 heavy (non-hydrogen) atoms. The highest BCUT2D eigenvalue weighted by molar-refractivity contribution is 7.89. The zero-order valence-corrected chi connectivity index (χ0v) is 14.9. The van der Waals surface area contributed by atoms with Crippen LogP contribution in [0.3, 0.4) is 0 Å². The summed E-state index contributed by atoms with van der Waals surface area (Å²) in [5, 5.41) is 3.71. The van der Waals surface area contributed by atoms with E-state index < -0.39 is 23.0 Å². The topological polar surface area (TPSA) is 64.0 Å². The number of aromatic nitrogens is 2. The van der Waals surface area contributed by atoms with Gasteiger partial charge in [0.25, 0.3) is 6.43 Å². The average Bonchev–Trinajstić information content (AvgIpc) is 2.99. The summed E-state index contributed by atoms with van der Waals surface area (Å²) in [6.45, 7) is 3.42. The van der Waals surface area contributed by atoms with E-state index in [1.807, 2.05) is 38.1 Å². The third kappa shape index (κ3) is 3.74. The van der Waals surface area contributed by atoms with Gasteiger partial charge >= 0.3 is 0 Å². The lowest BCUT2D eigenvalue weighted by molar-refractivity contribution is 0.121. The number of sulfonamides is 1. The normalized spacial score (nSPS) is 19.8. The highest BCUT2D eigenvalue weighted by atomic mass is 32.2. The van der Waals surface area contributed by atoms with Crippen molar-refractivity contribution in [3.63, 3.8) is 0 Å². The molecular weight excluding hydrogens is 348 g/mol. The van der Waals surface area contributed by atoms with Gasteiger partial charge in [-0.3, -0.25) is 4.68 Å². The number of nitrogens with one attached hydrogen (secondary N) is 1. The molecule has 1 unspecified atom stereocenters. The van der Waals surface area contributed by atoms with Crippen molar-refractivity contribution in [3.05, 3.63) is 47.8 Å². The Morgan fingerprint density at radius 1 is 1.36 bits per heavy atom. The van der Waals surface area contributed by atoms with Gasteiger partial charge in [-0.05, 0) is 29.4 Å². The fraction of sp³-hybridized carbons (Fsp3) is 0.471. The maximum absolute atomic E-state index is 12.7. The lowest BCUT2D eigenvalue weighted by Gasteiger charge is -2.40. The lowest BCUT2D eigenvalue weighted by atomic mass is 9.71. The van der Waals surface area contributed by atoms with Gasteiger partial charge in [0.05, 0.1) is 12.2 Å². The molecule has 0 bridgehead atoms. The van der Waals surface area contributed by atoms with Gasteiger partial charge in [0.1, 0.15) is 11.4 Å². The van der Waals surface area contributed by atoms with E-state index >= 15 is 0 Å². The number of alkyl halides is 2. The first-order valence-electron chi connectivity index (χ1n) is 8.10. The second-order valence-corrected chi connectivity index (χ2v) is 8.74. The Hall–Kier alpha value is -1.80. The predicted molar refractivity (Wildman–Crippen MR) is 89.8 cm³/mol. The van der Waals surface area contributed by atoms with E-state index in [9.17, 15) is 17.2 Å². The molecule has 1 aliphatic rings. The first kappa shape index (κ1) is 18.0. The van der Waals surface area contributed by atoms with Gasteiger partial charge in [0, 0.05) is 6.20 Å². The highest BCUT2D eigenvalue weighted by Crippen LogP contribution is 2.44. The molecule has 0 radical (unpaired) electrons. The molecule has 2 aromatic rings. The number of fused-ring (bicyclic) bond motifs is 1. The van der Waals surface area contributed by atoms with Crippen molar-refractivity contribution in [1.29, 1.82) is 0 Å². The summed E-state index contributed by atoms with van der Waals surface area (Å²) in [5.41, 5.74) is 1.82. The van der Waals surface area contributed by atoms with Crippen molar-refractivity contribution in [1.82, 2.24) is 14.5 Å². The standard InChI is InChI=1S/C17H21F2N3O2S/c1-17(2)8-7-12-5-3-4-6-14(12)16(17)21-25(23,24)13-9-20-22(10-13)11-15(18)19/h3-6,9-10,15-16,21H,7-8,11H2,1-2H3. The molecule has 1 atom stereocenters. The maximum atomic E-state index is 12.7. The molecule has 1 aromatic heterocycles. The average molecular weight is 369 g/mol. The van der Waals surface area contributed by atoms with Crippen LogP contribution in [0, 0.1) is 5.41 Å². The van der Waals surface area contributed by atoms with Crippen molar-refractivity contribution in [2.45, 2.75) is 50.6 Å². The van der Waals surface area contributed by atoms with Gasteiger partial charge in [-0.1, -0.05) is 38.1 Å². The van der Waals surface area contributed by atoms with Crippen LogP contribution in [0.1, 0.15) is 37.4 Å². The molecule has 0 spiro atoms. The second-order valence-electron chi connectivity index (χ2n) is 7.03. The quantitative estimate of drug-likeness (QED) is 0.881. The molecule has 8 heteroatoms. The summed E-state index contributed by atoms with van der Waals surface area (Å²) in [6.07, 6.45) is 1.39. The smallest absolute Gasteiger partial charge is 0.257 e. The molecule has 3 rings (SSSR count). The van der Waals surface area contributed by atoms with Gasteiger partial charge in [0.15, 0.2) is 0 Å². The van der Waals surface area contributed by atoms with E-state index in [1.54, 1.807) is 0 Å². The van der Waals surface area contributed by atoms with E-state index in [1.165, 1.54) is 0 Å². The fourth-order valence-corrected chi connectivity index (χ4v) is 4.58. The van der Waals surface area contributed by atoms with Crippen molar-refractivity contribution >= 4 is 10.0 Å². The van der Waals surface area contributed by atoms with Gasteiger partial charge in [0.2, 0.25) is 10.0 Å². The molecule has 5 nitrogen and oxygen atoms in total. The van der Waals surface area contributed by atoms with E-state index in [0.29, 0.717) is 0 Å². The van der Waals surface area contributed by atoms with E-state index in [0.717, 1.165) is 41.0 Å². The zero-order chi connectivity index (χ0) is 18.2. The van der Waals surface area contributed by atoms with E-state index in [-0.39, 0.29) is 16.4 Å².